The molecule has 1 aliphatic carbocycles. The number of aromatic nitrogens is 2. The molecule has 1 aromatic heterocycles. The Labute approximate surface area is 148 Å². The quantitative estimate of drug-likeness (QED) is 0.916. The van der Waals surface area contributed by atoms with Gasteiger partial charge < -0.3 is 5.32 Å². The SMILES string of the molecule is CCc1nn(C2CCCC2)c2c1C(=O)NC(c1ccccc1)C(C)=N2. The molecule has 4 rings (SSSR count). The second kappa shape index (κ2) is 6.47. The Balaban J connectivity index is 1.82. The fourth-order valence-corrected chi connectivity index (χ4v) is 3.97. The highest BCUT2D eigenvalue weighted by Gasteiger charge is 2.32. The minimum Gasteiger partial charge on any atom is -0.340 e. The van der Waals surface area contributed by atoms with Crippen LogP contribution in [0.4, 0.5) is 5.82 Å². The van der Waals surface area contributed by atoms with Crippen LogP contribution in [0.3, 0.4) is 0 Å². The third-order valence-corrected chi connectivity index (χ3v) is 5.30. The number of nitrogens with one attached hydrogen (secondary N) is 1. The Morgan fingerprint density at radius 2 is 1.92 bits per heavy atom. The molecule has 5 nitrogen and oxygen atoms in total. The fraction of sp³-hybridized carbons (Fsp3) is 0.450. The molecule has 1 aliphatic heterocycles. The number of aryl methyl sites for hydroxylation is 1. The van der Waals surface area contributed by atoms with Crippen LogP contribution in [0.5, 0.6) is 0 Å². The monoisotopic (exact) mass is 336 g/mol. The van der Waals surface area contributed by atoms with Crippen molar-refractivity contribution in [3.8, 4) is 0 Å². The van der Waals surface area contributed by atoms with Crippen molar-refractivity contribution in [3.63, 3.8) is 0 Å². The van der Waals surface area contributed by atoms with Gasteiger partial charge >= 0.3 is 0 Å². The Kier molecular flexibility index (Phi) is 4.15. The van der Waals surface area contributed by atoms with Crippen molar-refractivity contribution in [3.05, 3.63) is 47.2 Å². The van der Waals surface area contributed by atoms with E-state index >= 15 is 0 Å². The molecule has 5 heteroatoms. The van der Waals surface area contributed by atoms with E-state index in [1.807, 2.05) is 48.9 Å². The summed E-state index contributed by atoms with van der Waals surface area (Å²) in [7, 11) is 0. The van der Waals surface area contributed by atoms with E-state index in [4.69, 9.17) is 10.1 Å². The number of hydrogen-bond donors (Lipinski definition) is 1. The third-order valence-electron chi connectivity index (χ3n) is 5.30. The van der Waals surface area contributed by atoms with E-state index in [-0.39, 0.29) is 11.9 Å². The topological polar surface area (TPSA) is 59.3 Å². The molecule has 1 N–H and O–H groups in total. The number of benzene rings is 1. The first-order chi connectivity index (χ1) is 12.2. The summed E-state index contributed by atoms with van der Waals surface area (Å²) in [4.78, 5) is 17.9. The Morgan fingerprint density at radius 3 is 2.60 bits per heavy atom. The van der Waals surface area contributed by atoms with Gasteiger partial charge in [0, 0.05) is 5.71 Å². The van der Waals surface area contributed by atoms with Gasteiger partial charge in [-0.05, 0) is 31.7 Å². The predicted molar refractivity (Wildman–Crippen MR) is 98.5 cm³/mol. The van der Waals surface area contributed by atoms with Crippen LogP contribution in [0, 0.1) is 0 Å². The van der Waals surface area contributed by atoms with Gasteiger partial charge in [0.15, 0.2) is 5.82 Å². The summed E-state index contributed by atoms with van der Waals surface area (Å²) in [6.07, 6.45) is 5.43. The smallest absolute Gasteiger partial charge is 0.257 e. The number of rotatable bonds is 3. The van der Waals surface area contributed by atoms with Gasteiger partial charge in [0.2, 0.25) is 0 Å². The van der Waals surface area contributed by atoms with E-state index in [2.05, 4.69) is 5.32 Å². The number of fused-ring (bicyclic) bond motifs is 1. The second-order valence-corrected chi connectivity index (χ2v) is 6.95. The molecule has 0 radical (unpaired) electrons. The number of amides is 1. The Bertz CT molecular complexity index is 816. The molecule has 1 saturated carbocycles. The summed E-state index contributed by atoms with van der Waals surface area (Å²) in [6.45, 7) is 4.04. The van der Waals surface area contributed by atoms with Crippen molar-refractivity contribution in [2.24, 2.45) is 4.99 Å². The molecule has 2 aromatic rings. The normalized spacial score (nSPS) is 20.8. The molecule has 1 unspecified atom stereocenters. The highest BCUT2D eigenvalue weighted by molar-refractivity contribution is 6.06. The van der Waals surface area contributed by atoms with Crippen molar-refractivity contribution < 1.29 is 4.79 Å². The largest absolute Gasteiger partial charge is 0.340 e. The van der Waals surface area contributed by atoms with Gasteiger partial charge in [-0.2, -0.15) is 5.10 Å². The van der Waals surface area contributed by atoms with Crippen molar-refractivity contribution in [1.29, 1.82) is 0 Å². The zero-order chi connectivity index (χ0) is 17.4. The first kappa shape index (κ1) is 16.1. The lowest BCUT2D eigenvalue weighted by Crippen LogP contribution is -2.31. The van der Waals surface area contributed by atoms with Gasteiger partial charge in [-0.3, -0.25) is 4.79 Å². The Hall–Kier alpha value is -2.43. The van der Waals surface area contributed by atoms with Gasteiger partial charge in [0.25, 0.3) is 5.91 Å². The lowest BCUT2D eigenvalue weighted by atomic mass is 10.0. The van der Waals surface area contributed by atoms with E-state index in [0.29, 0.717) is 11.6 Å². The average Bonchev–Trinajstić information content (AvgIpc) is 3.25. The average molecular weight is 336 g/mol. The van der Waals surface area contributed by atoms with Crippen molar-refractivity contribution in [1.82, 2.24) is 15.1 Å². The molecule has 130 valence electrons. The fourth-order valence-electron chi connectivity index (χ4n) is 3.97. The first-order valence-corrected chi connectivity index (χ1v) is 9.21. The number of carbonyl (C=O) groups excluding carboxylic acids is 1. The van der Waals surface area contributed by atoms with E-state index in [1.54, 1.807) is 0 Å². The second-order valence-electron chi connectivity index (χ2n) is 6.95. The molecule has 1 aromatic carbocycles. The van der Waals surface area contributed by atoms with Gasteiger partial charge in [-0.15, -0.1) is 0 Å². The molecule has 0 saturated heterocycles. The summed E-state index contributed by atoms with van der Waals surface area (Å²) in [6, 6.07) is 10.2. The zero-order valence-corrected chi connectivity index (χ0v) is 14.8. The standard InChI is InChI=1S/C20H24N4O/c1-3-16-17-19(24(23-16)15-11-7-8-12-15)21-13(2)18(22-20(17)25)14-9-5-4-6-10-14/h4-6,9-10,15,18H,3,7-8,11-12H2,1-2H3,(H,22,25). The predicted octanol–water partition coefficient (Wildman–Crippen LogP) is 4.14. The maximum atomic E-state index is 13.0. The molecular formula is C20H24N4O. The van der Waals surface area contributed by atoms with E-state index in [0.717, 1.165) is 42.0 Å². The molecule has 0 bridgehead atoms. The minimum absolute atomic E-state index is 0.0643. The summed E-state index contributed by atoms with van der Waals surface area (Å²) in [5, 5.41) is 7.92. The lowest BCUT2D eigenvalue weighted by molar-refractivity contribution is 0.0947. The highest BCUT2D eigenvalue weighted by Crippen LogP contribution is 2.37. The van der Waals surface area contributed by atoms with Crippen LogP contribution in [-0.4, -0.2) is 21.4 Å². The van der Waals surface area contributed by atoms with Gasteiger partial charge in [-0.1, -0.05) is 50.1 Å². The summed E-state index contributed by atoms with van der Waals surface area (Å²) in [5.74, 6) is 0.683. The van der Waals surface area contributed by atoms with Crippen LogP contribution in [0.2, 0.25) is 0 Å². The van der Waals surface area contributed by atoms with Gasteiger partial charge in [-0.25, -0.2) is 9.67 Å². The van der Waals surface area contributed by atoms with Crippen LogP contribution in [-0.2, 0) is 6.42 Å². The van der Waals surface area contributed by atoms with Crippen molar-refractivity contribution in [2.45, 2.75) is 58.0 Å². The Morgan fingerprint density at radius 1 is 1.20 bits per heavy atom. The molecule has 2 aliphatic rings. The number of hydrogen-bond acceptors (Lipinski definition) is 3. The summed E-state index contributed by atoms with van der Waals surface area (Å²) < 4.78 is 2.03. The minimum atomic E-state index is -0.192. The van der Waals surface area contributed by atoms with Crippen LogP contribution >= 0.6 is 0 Å². The van der Waals surface area contributed by atoms with Crippen LogP contribution in [0.1, 0.15) is 73.2 Å². The number of carbonyl (C=O) groups is 1. The number of nitrogens with zero attached hydrogens (tertiary/aromatic N) is 3. The van der Waals surface area contributed by atoms with Gasteiger partial charge in [0.1, 0.15) is 5.56 Å². The molecular weight excluding hydrogens is 312 g/mol. The van der Waals surface area contributed by atoms with Crippen molar-refractivity contribution in [2.75, 3.05) is 0 Å². The van der Waals surface area contributed by atoms with Crippen molar-refractivity contribution >= 4 is 17.4 Å². The first-order valence-electron chi connectivity index (χ1n) is 9.21. The third kappa shape index (κ3) is 2.77. The van der Waals surface area contributed by atoms with E-state index in [1.165, 1.54) is 12.8 Å². The van der Waals surface area contributed by atoms with Crippen LogP contribution < -0.4 is 5.32 Å². The van der Waals surface area contributed by atoms with E-state index in [9.17, 15) is 4.79 Å². The molecule has 1 amide bonds. The van der Waals surface area contributed by atoms with Crippen LogP contribution in [0.25, 0.3) is 0 Å². The lowest BCUT2D eigenvalue weighted by Gasteiger charge is -2.17. The highest BCUT2D eigenvalue weighted by atomic mass is 16.1. The van der Waals surface area contributed by atoms with Crippen LogP contribution in [0.15, 0.2) is 35.3 Å². The molecule has 25 heavy (non-hydrogen) atoms. The zero-order valence-electron chi connectivity index (χ0n) is 14.8. The maximum Gasteiger partial charge on any atom is 0.257 e. The number of aliphatic imine (C=N–C) groups is 1. The summed E-state index contributed by atoms with van der Waals surface area (Å²) in [5.41, 5.74) is 3.47. The van der Waals surface area contributed by atoms with E-state index < -0.39 is 0 Å². The maximum absolute atomic E-state index is 13.0. The molecule has 0 spiro atoms. The molecule has 2 heterocycles. The molecule has 1 fully saturated rings. The molecule has 1 atom stereocenters. The summed E-state index contributed by atoms with van der Waals surface area (Å²) >= 11 is 0. The van der Waals surface area contributed by atoms with Gasteiger partial charge in [0.05, 0.1) is 17.8 Å².